The molecular weight excluding hydrogens is 393 g/mol. The summed E-state index contributed by atoms with van der Waals surface area (Å²) in [6.07, 6.45) is 0. The van der Waals surface area contributed by atoms with Crippen LogP contribution < -0.4 is 10.9 Å². The van der Waals surface area contributed by atoms with Crippen LogP contribution in [0.4, 0.5) is 5.69 Å². The number of hydrogen-bond acceptors (Lipinski definition) is 3. The maximum Gasteiger partial charge on any atom is 0.269 e. The van der Waals surface area contributed by atoms with Crippen molar-refractivity contribution in [2.24, 2.45) is 0 Å². The summed E-state index contributed by atoms with van der Waals surface area (Å²) in [6.45, 7) is 3.34. The Morgan fingerprint density at radius 1 is 1.32 bits per heavy atom. The number of carbonyl (C=O) groups is 1. The van der Waals surface area contributed by atoms with Gasteiger partial charge in [0.1, 0.15) is 18.2 Å². The maximum atomic E-state index is 12.2. The van der Waals surface area contributed by atoms with Crippen LogP contribution >= 0.6 is 22.6 Å². The van der Waals surface area contributed by atoms with Crippen molar-refractivity contribution in [1.82, 2.24) is 4.57 Å². The molecule has 1 aromatic heterocycles. The number of nitrogens with one attached hydrogen (secondary N) is 1. The number of carbonyl (C=O) groups excluding carboxylic acids is 1. The molecule has 0 bridgehead atoms. The first-order valence-electron chi connectivity index (χ1n) is 6.59. The summed E-state index contributed by atoms with van der Waals surface area (Å²) in [6, 6.07) is 11.0. The van der Waals surface area contributed by atoms with Gasteiger partial charge in [-0.3, -0.25) is 9.59 Å². The highest BCUT2D eigenvalue weighted by atomic mass is 127. The van der Waals surface area contributed by atoms with E-state index in [9.17, 15) is 9.59 Å². The Labute approximate surface area is 141 Å². The average molecular weight is 407 g/mol. The molecule has 5 nitrogen and oxygen atoms in total. The number of nitrogens with zero attached hydrogens (tertiary/aromatic N) is 2. The lowest BCUT2D eigenvalue weighted by Gasteiger charge is -2.12. The lowest BCUT2D eigenvalue weighted by molar-refractivity contribution is -0.116. The smallest absolute Gasteiger partial charge is 0.269 e. The number of benzene rings is 1. The zero-order valence-corrected chi connectivity index (χ0v) is 14.3. The number of pyridine rings is 1. The Bertz CT molecular complexity index is 817. The minimum absolute atomic E-state index is 0.0765. The number of hydrogen-bond donors (Lipinski definition) is 1. The van der Waals surface area contributed by atoms with E-state index in [0.29, 0.717) is 16.9 Å². The number of halogens is 1. The molecule has 22 heavy (non-hydrogen) atoms. The zero-order chi connectivity index (χ0) is 16.3. The Morgan fingerprint density at radius 3 is 2.55 bits per heavy atom. The Morgan fingerprint density at radius 2 is 1.95 bits per heavy atom. The van der Waals surface area contributed by atoms with Crippen LogP contribution in [0.1, 0.15) is 16.8 Å². The van der Waals surface area contributed by atoms with E-state index in [4.69, 9.17) is 5.26 Å². The monoisotopic (exact) mass is 407 g/mol. The first-order chi connectivity index (χ1) is 10.4. The zero-order valence-electron chi connectivity index (χ0n) is 12.2. The number of amides is 1. The van der Waals surface area contributed by atoms with E-state index in [1.807, 2.05) is 18.2 Å². The van der Waals surface area contributed by atoms with Crippen LogP contribution in [0.2, 0.25) is 0 Å². The van der Waals surface area contributed by atoms with Crippen molar-refractivity contribution in [3.05, 3.63) is 61.1 Å². The van der Waals surface area contributed by atoms with Crippen molar-refractivity contribution in [3.63, 3.8) is 0 Å². The number of anilines is 1. The maximum absolute atomic E-state index is 12.2. The fourth-order valence-electron chi connectivity index (χ4n) is 2.14. The third kappa shape index (κ3) is 3.54. The molecule has 0 fully saturated rings. The minimum Gasteiger partial charge on any atom is -0.325 e. The summed E-state index contributed by atoms with van der Waals surface area (Å²) >= 11 is 2.18. The molecular formula is C16H14IN3O2. The third-order valence-corrected chi connectivity index (χ3v) is 3.97. The van der Waals surface area contributed by atoms with Gasteiger partial charge in [0.2, 0.25) is 5.91 Å². The molecule has 0 atom stereocenters. The third-order valence-electron chi connectivity index (χ3n) is 3.25. The summed E-state index contributed by atoms with van der Waals surface area (Å²) < 4.78 is 2.38. The second kappa shape index (κ2) is 6.75. The second-order valence-electron chi connectivity index (χ2n) is 4.90. The van der Waals surface area contributed by atoms with Crippen molar-refractivity contribution >= 4 is 34.2 Å². The fourth-order valence-corrected chi connectivity index (χ4v) is 2.50. The number of rotatable bonds is 3. The van der Waals surface area contributed by atoms with E-state index in [1.54, 1.807) is 32.0 Å². The lowest BCUT2D eigenvalue weighted by atomic mass is 10.1. The van der Waals surface area contributed by atoms with Gasteiger partial charge in [0, 0.05) is 15.0 Å². The summed E-state index contributed by atoms with van der Waals surface area (Å²) in [5.41, 5.74) is 1.59. The fraction of sp³-hybridized carbons (Fsp3) is 0.188. The lowest BCUT2D eigenvalue weighted by Crippen LogP contribution is -2.31. The standard InChI is InChI=1S/C16H14IN3O2/c1-10-7-11(2)20(16(22)14(10)8-18)9-15(21)19-13-5-3-12(17)4-6-13/h3-7H,9H2,1-2H3,(H,19,21). The average Bonchev–Trinajstić information content (AvgIpc) is 2.46. The summed E-state index contributed by atoms with van der Waals surface area (Å²) in [4.78, 5) is 24.3. The van der Waals surface area contributed by atoms with Gasteiger partial charge in [0.05, 0.1) is 0 Å². The van der Waals surface area contributed by atoms with Crippen molar-refractivity contribution in [1.29, 1.82) is 5.26 Å². The van der Waals surface area contributed by atoms with Gasteiger partial charge < -0.3 is 9.88 Å². The first-order valence-corrected chi connectivity index (χ1v) is 7.67. The molecule has 2 rings (SSSR count). The van der Waals surface area contributed by atoms with Gasteiger partial charge in [-0.25, -0.2) is 0 Å². The highest BCUT2D eigenvalue weighted by molar-refractivity contribution is 14.1. The molecule has 112 valence electrons. The molecule has 0 spiro atoms. The minimum atomic E-state index is -0.433. The molecule has 0 radical (unpaired) electrons. The van der Waals surface area contributed by atoms with Crippen LogP contribution in [0.3, 0.4) is 0 Å². The second-order valence-corrected chi connectivity index (χ2v) is 6.15. The van der Waals surface area contributed by atoms with Gasteiger partial charge in [0.15, 0.2) is 0 Å². The molecule has 1 N–H and O–H groups in total. The van der Waals surface area contributed by atoms with Crippen molar-refractivity contribution in [3.8, 4) is 6.07 Å². The molecule has 0 unspecified atom stereocenters. The number of nitriles is 1. The van der Waals surface area contributed by atoms with Gasteiger partial charge in [-0.15, -0.1) is 0 Å². The Balaban J connectivity index is 2.24. The first kappa shape index (κ1) is 16.2. The van der Waals surface area contributed by atoms with E-state index in [0.717, 1.165) is 3.57 Å². The van der Waals surface area contributed by atoms with E-state index in [1.165, 1.54) is 4.57 Å². The molecule has 2 aromatic rings. The molecule has 1 amide bonds. The van der Waals surface area contributed by atoms with Crippen LogP contribution in [-0.4, -0.2) is 10.5 Å². The Hall–Kier alpha value is -2.14. The van der Waals surface area contributed by atoms with Gasteiger partial charge in [-0.1, -0.05) is 0 Å². The predicted octanol–water partition coefficient (Wildman–Crippen LogP) is 2.58. The van der Waals surface area contributed by atoms with Crippen LogP contribution in [0.15, 0.2) is 35.1 Å². The van der Waals surface area contributed by atoms with Gasteiger partial charge in [-0.2, -0.15) is 5.26 Å². The Kier molecular flexibility index (Phi) is 4.98. The summed E-state index contributed by atoms with van der Waals surface area (Å²) in [7, 11) is 0. The number of aryl methyl sites for hydroxylation is 2. The van der Waals surface area contributed by atoms with Gasteiger partial charge in [0.25, 0.3) is 5.56 Å². The van der Waals surface area contributed by atoms with Crippen molar-refractivity contribution in [2.75, 3.05) is 5.32 Å². The van der Waals surface area contributed by atoms with Gasteiger partial charge in [-0.05, 0) is 72.3 Å². The SMILES string of the molecule is Cc1cc(C)n(CC(=O)Nc2ccc(I)cc2)c(=O)c1C#N. The highest BCUT2D eigenvalue weighted by Crippen LogP contribution is 2.11. The van der Waals surface area contributed by atoms with E-state index in [2.05, 4.69) is 27.9 Å². The van der Waals surface area contributed by atoms with Crippen LogP contribution in [-0.2, 0) is 11.3 Å². The molecule has 1 aromatic carbocycles. The van der Waals surface area contributed by atoms with Crippen LogP contribution in [0.5, 0.6) is 0 Å². The molecule has 6 heteroatoms. The molecule has 0 aliphatic heterocycles. The van der Waals surface area contributed by atoms with Crippen molar-refractivity contribution < 1.29 is 4.79 Å². The quantitative estimate of drug-likeness (QED) is 0.795. The molecule has 1 heterocycles. The molecule has 0 saturated carbocycles. The highest BCUT2D eigenvalue weighted by Gasteiger charge is 2.13. The van der Waals surface area contributed by atoms with Crippen LogP contribution in [0.25, 0.3) is 0 Å². The summed E-state index contributed by atoms with van der Waals surface area (Å²) in [5.74, 6) is -0.306. The number of aromatic nitrogens is 1. The van der Waals surface area contributed by atoms with Crippen LogP contribution in [0, 0.1) is 28.7 Å². The molecule has 0 aliphatic carbocycles. The molecule has 0 saturated heterocycles. The van der Waals surface area contributed by atoms with E-state index in [-0.39, 0.29) is 18.0 Å². The topological polar surface area (TPSA) is 74.9 Å². The largest absolute Gasteiger partial charge is 0.325 e. The van der Waals surface area contributed by atoms with Gasteiger partial charge >= 0.3 is 0 Å². The normalized spacial score (nSPS) is 10.1. The van der Waals surface area contributed by atoms with E-state index >= 15 is 0 Å². The molecule has 0 aliphatic rings. The van der Waals surface area contributed by atoms with E-state index < -0.39 is 5.56 Å². The summed E-state index contributed by atoms with van der Waals surface area (Å²) in [5, 5.41) is 11.8. The predicted molar refractivity (Wildman–Crippen MR) is 92.7 cm³/mol. The van der Waals surface area contributed by atoms with Crippen molar-refractivity contribution in [2.45, 2.75) is 20.4 Å².